The topological polar surface area (TPSA) is 78.0 Å². The smallest absolute Gasteiger partial charge is 0.416 e. The van der Waals surface area contributed by atoms with E-state index in [0.29, 0.717) is 28.6 Å². The van der Waals surface area contributed by atoms with Gasteiger partial charge in [0.25, 0.3) is 0 Å². The Morgan fingerprint density at radius 1 is 1.06 bits per heavy atom. The maximum atomic E-state index is 12.4. The molecule has 0 bridgehead atoms. The standard InChI is InChI=1S/C25H21ClN2O5S/c1-16-13-19(32-14-23-27-20-5-3-4-6-22(20)34-23)11-12-21(16)28(25(30)31-2)15-33-24(29)17-7-9-18(26)10-8-17/h3-13H,14-15H2,1-2H3. The molecule has 34 heavy (non-hydrogen) atoms. The SMILES string of the molecule is COC(=O)N(COC(=O)c1ccc(Cl)cc1)c1ccc(OCc2nc3ccccc3s2)cc1C. The summed E-state index contributed by atoms with van der Waals surface area (Å²) in [6.07, 6.45) is -0.657. The first-order valence-electron chi connectivity index (χ1n) is 10.3. The zero-order chi connectivity index (χ0) is 24.1. The van der Waals surface area contributed by atoms with E-state index in [1.54, 1.807) is 53.8 Å². The molecule has 0 N–H and O–H groups in total. The molecule has 1 amide bonds. The lowest BCUT2D eigenvalue weighted by Crippen LogP contribution is -2.34. The van der Waals surface area contributed by atoms with Crippen molar-refractivity contribution < 1.29 is 23.8 Å². The van der Waals surface area contributed by atoms with Crippen LogP contribution in [-0.2, 0) is 16.1 Å². The van der Waals surface area contributed by atoms with Crippen LogP contribution >= 0.6 is 22.9 Å². The van der Waals surface area contributed by atoms with Gasteiger partial charge in [-0.3, -0.25) is 0 Å². The molecular weight excluding hydrogens is 476 g/mol. The molecule has 0 atom stereocenters. The van der Waals surface area contributed by atoms with E-state index in [1.807, 2.05) is 31.2 Å². The quantitative estimate of drug-likeness (QED) is 0.223. The molecule has 0 saturated carbocycles. The Labute approximate surface area is 205 Å². The van der Waals surface area contributed by atoms with E-state index in [1.165, 1.54) is 12.0 Å². The number of benzene rings is 3. The molecule has 1 heterocycles. The molecule has 0 unspecified atom stereocenters. The molecule has 0 aliphatic heterocycles. The zero-order valence-corrected chi connectivity index (χ0v) is 20.1. The van der Waals surface area contributed by atoms with Crippen molar-refractivity contribution in [1.82, 2.24) is 4.98 Å². The molecule has 0 aliphatic rings. The largest absolute Gasteiger partial charge is 0.486 e. The van der Waals surface area contributed by atoms with Gasteiger partial charge in [-0.1, -0.05) is 23.7 Å². The third-order valence-corrected chi connectivity index (χ3v) is 6.22. The number of hydrogen-bond acceptors (Lipinski definition) is 7. The van der Waals surface area contributed by atoms with Crippen molar-refractivity contribution in [2.75, 3.05) is 18.7 Å². The molecule has 4 rings (SSSR count). The molecule has 1 aromatic heterocycles. The van der Waals surface area contributed by atoms with E-state index in [9.17, 15) is 9.59 Å². The minimum absolute atomic E-state index is 0.319. The number of rotatable bonds is 7. The number of methoxy groups -OCH3 is 1. The molecule has 4 aromatic rings. The van der Waals surface area contributed by atoms with Gasteiger partial charge in [-0.2, -0.15) is 0 Å². The van der Waals surface area contributed by atoms with Gasteiger partial charge < -0.3 is 14.2 Å². The molecule has 7 nitrogen and oxygen atoms in total. The number of aryl methyl sites for hydroxylation is 1. The Hall–Kier alpha value is -3.62. The van der Waals surface area contributed by atoms with Crippen molar-refractivity contribution in [2.24, 2.45) is 0 Å². The van der Waals surface area contributed by atoms with Crippen LogP contribution < -0.4 is 9.64 Å². The van der Waals surface area contributed by atoms with E-state index in [-0.39, 0.29) is 6.73 Å². The highest BCUT2D eigenvalue weighted by Crippen LogP contribution is 2.28. The predicted molar refractivity (Wildman–Crippen MR) is 132 cm³/mol. The third-order valence-electron chi connectivity index (χ3n) is 4.96. The first-order chi connectivity index (χ1) is 16.4. The number of ether oxygens (including phenoxy) is 3. The number of aromatic nitrogens is 1. The number of esters is 1. The van der Waals surface area contributed by atoms with Gasteiger partial charge in [0.15, 0.2) is 6.73 Å². The van der Waals surface area contributed by atoms with Crippen LogP contribution in [-0.4, -0.2) is 30.9 Å². The summed E-state index contributed by atoms with van der Waals surface area (Å²) < 4.78 is 17.2. The first-order valence-corrected chi connectivity index (χ1v) is 11.5. The maximum absolute atomic E-state index is 12.4. The second kappa shape index (κ2) is 10.5. The van der Waals surface area contributed by atoms with Crippen molar-refractivity contribution in [1.29, 1.82) is 0 Å². The van der Waals surface area contributed by atoms with Crippen molar-refractivity contribution in [3.63, 3.8) is 0 Å². The number of para-hydroxylation sites is 1. The number of thiazole rings is 1. The van der Waals surface area contributed by atoms with E-state index < -0.39 is 12.1 Å². The summed E-state index contributed by atoms with van der Waals surface area (Å²) in [7, 11) is 1.27. The zero-order valence-electron chi connectivity index (χ0n) is 18.5. The summed E-state index contributed by atoms with van der Waals surface area (Å²) in [5.74, 6) is 0.0440. The van der Waals surface area contributed by atoms with Crippen molar-refractivity contribution in [3.8, 4) is 5.75 Å². The monoisotopic (exact) mass is 496 g/mol. The minimum atomic E-state index is -0.657. The van der Waals surface area contributed by atoms with Crippen LogP contribution in [0.5, 0.6) is 5.75 Å². The fraction of sp³-hybridized carbons (Fsp3) is 0.160. The molecule has 9 heteroatoms. The Bertz CT molecular complexity index is 1290. The summed E-state index contributed by atoms with van der Waals surface area (Å²) in [4.78, 5) is 30.6. The van der Waals surface area contributed by atoms with Gasteiger partial charge in [-0.05, 0) is 67.1 Å². The Kier molecular flexibility index (Phi) is 7.30. The predicted octanol–water partition coefficient (Wildman–Crippen LogP) is 6.22. The normalized spacial score (nSPS) is 10.7. The number of anilines is 1. The molecule has 0 fully saturated rings. The number of hydrogen-bond donors (Lipinski definition) is 0. The summed E-state index contributed by atoms with van der Waals surface area (Å²) in [6, 6.07) is 19.5. The van der Waals surface area contributed by atoms with Crippen LogP contribution in [0.3, 0.4) is 0 Å². The summed E-state index contributed by atoms with van der Waals surface area (Å²) in [6.45, 7) is 1.84. The average Bonchev–Trinajstić information content (AvgIpc) is 3.27. The maximum Gasteiger partial charge on any atom is 0.416 e. The molecule has 0 saturated heterocycles. The van der Waals surface area contributed by atoms with Gasteiger partial charge in [-0.15, -0.1) is 11.3 Å². The fourth-order valence-electron chi connectivity index (χ4n) is 3.27. The Morgan fingerprint density at radius 3 is 2.53 bits per heavy atom. The van der Waals surface area contributed by atoms with Gasteiger partial charge in [0, 0.05) is 5.02 Å². The molecule has 3 aromatic carbocycles. The number of carbonyl (C=O) groups is 2. The highest BCUT2D eigenvalue weighted by Gasteiger charge is 2.21. The van der Waals surface area contributed by atoms with Crippen LogP contribution in [0.4, 0.5) is 10.5 Å². The van der Waals surface area contributed by atoms with Crippen molar-refractivity contribution >= 4 is 50.9 Å². The van der Waals surface area contributed by atoms with Gasteiger partial charge in [-0.25, -0.2) is 19.5 Å². The van der Waals surface area contributed by atoms with E-state index in [4.69, 9.17) is 25.8 Å². The lowest BCUT2D eigenvalue weighted by molar-refractivity contribution is 0.0503. The fourth-order valence-corrected chi connectivity index (χ4v) is 4.28. The summed E-state index contributed by atoms with van der Waals surface area (Å²) in [5, 5.41) is 1.38. The average molecular weight is 497 g/mol. The highest BCUT2D eigenvalue weighted by atomic mass is 35.5. The summed E-state index contributed by atoms with van der Waals surface area (Å²) in [5.41, 5.74) is 2.54. The number of nitrogens with zero attached hydrogens (tertiary/aromatic N) is 2. The van der Waals surface area contributed by atoms with Crippen LogP contribution in [0.15, 0.2) is 66.7 Å². The molecule has 0 spiro atoms. The van der Waals surface area contributed by atoms with Crippen LogP contribution in [0.25, 0.3) is 10.2 Å². The number of halogens is 1. The number of amides is 1. The second-order valence-electron chi connectivity index (χ2n) is 7.28. The Balaban J connectivity index is 1.44. The minimum Gasteiger partial charge on any atom is -0.486 e. The Morgan fingerprint density at radius 2 is 1.82 bits per heavy atom. The number of carbonyl (C=O) groups excluding carboxylic acids is 2. The molecular formula is C25H21ClN2O5S. The van der Waals surface area contributed by atoms with Gasteiger partial charge in [0.2, 0.25) is 0 Å². The summed E-state index contributed by atoms with van der Waals surface area (Å²) >= 11 is 7.44. The molecule has 0 radical (unpaired) electrons. The molecule has 0 aliphatic carbocycles. The van der Waals surface area contributed by atoms with Crippen LogP contribution in [0.2, 0.25) is 5.02 Å². The highest BCUT2D eigenvalue weighted by molar-refractivity contribution is 7.18. The van der Waals surface area contributed by atoms with Gasteiger partial charge in [0.05, 0.1) is 28.6 Å². The van der Waals surface area contributed by atoms with Crippen LogP contribution in [0, 0.1) is 6.92 Å². The van der Waals surface area contributed by atoms with Crippen LogP contribution in [0.1, 0.15) is 20.9 Å². The van der Waals surface area contributed by atoms with E-state index >= 15 is 0 Å². The molecule has 174 valence electrons. The van der Waals surface area contributed by atoms with Crippen molar-refractivity contribution in [2.45, 2.75) is 13.5 Å². The third kappa shape index (κ3) is 5.47. The van der Waals surface area contributed by atoms with Crippen molar-refractivity contribution in [3.05, 3.63) is 87.9 Å². The van der Waals surface area contributed by atoms with E-state index in [0.717, 1.165) is 20.8 Å². The lowest BCUT2D eigenvalue weighted by atomic mass is 10.2. The van der Waals surface area contributed by atoms with Gasteiger partial charge >= 0.3 is 12.1 Å². The second-order valence-corrected chi connectivity index (χ2v) is 8.83. The van der Waals surface area contributed by atoms with E-state index in [2.05, 4.69) is 4.98 Å². The lowest BCUT2D eigenvalue weighted by Gasteiger charge is -2.23. The first kappa shape index (κ1) is 23.5. The number of fused-ring (bicyclic) bond motifs is 1. The van der Waals surface area contributed by atoms with Gasteiger partial charge in [0.1, 0.15) is 17.4 Å².